The highest BCUT2D eigenvalue weighted by Crippen LogP contribution is 2.41. The van der Waals surface area contributed by atoms with Crippen LogP contribution in [0.25, 0.3) is 0 Å². The Hall–Kier alpha value is -2.24. The molecule has 6 heteroatoms. The summed E-state index contributed by atoms with van der Waals surface area (Å²) in [4.78, 5) is 36.5. The Morgan fingerprint density at radius 3 is 2.35 bits per heavy atom. The van der Waals surface area contributed by atoms with Gasteiger partial charge in [0, 0.05) is 11.8 Å². The average molecular weight is 277 g/mol. The van der Waals surface area contributed by atoms with Crippen molar-refractivity contribution >= 4 is 23.5 Å². The van der Waals surface area contributed by atoms with Gasteiger partial charge in [0.2, 0.25) is 11.8 Å². The average Bonchev–Trinajstić information content (AvgIpc) is 2.85. The number of anilines is 1. The van der Waals surface area contributed by atoms with Crippen LogP contribution in [0.2, 0.25) is 0 Å². The van der Waals surface area contributed by atoms with Gasteiger partial charge in [-0.3, -0.25) is 9.59 Å². The first-order valence-corrected chi connectivity index (χ1v) is 6.40. The number of hydrogen-bond donors (Lipinski definition) is 1. The van der Waals surface area contributed by atoms with Crippen LogP contribution in [0.4, 0.5) is 10.1 Å². The number of hydrogen-bond acceptors (Lipinski definition) is 3. The molecule has 20 heavy (non-hydrogen) atoms. The minimum atomic E-state index is -1.36. The zero-order valence-corrected chi connectivity index (χ0v) is 10.5. The van der Waals surface area contributed by atoms with Gasteiger partial charge in [0.05, 0.1) is 5.56 Å². The monoisotopic (exact) mass is 277 g/mol. The summed E-state index contributed by atoms with van der Waals surface area (Å²) in [7, 11) is 0. The number of benzene rings is 1. The molecule has 1 heterocycles. The normalized spacial score (nSPS) is 25.1. The van der Waals surface area contributed by atoms with Crippen molar-refractivity contribution in [1.29, 1.82) is 0 Å². The minimum absolute atomic E-state index is 0.307. The molecule has 0 aromatic heterocycles. The molecule has 1 saturated heterocycles. The molecule has 1 aromatic rings. The quantitative estimate of drug-likeness (QED) is 0.837. The standard InChI is InChI=1S/C14H12FNO4/c15-10-3-1-2-9(14(19)20)11(10)16-12(17)7-4-5-8(6-7)13(16)18/h1-3,7-8H,4-6H2,(H,19,20). The molecule has 1 N–H and O–H groups in total. The number of carboxylic acids is 1. The van der Waals surface area contributed by atoms with Crippen LogP contribution in [0.1, 0.15) is 29.6 Å². The Bertz CT molecular complexity index is 606. The maximum atomic E-state index is 14.0. The number of amides is 2. The van der Waals surface area contributed by atoms with E-state index in [-0.39, 0.29) is 17.4 Å². The molecule has 0 radical (unpaired) electrons. The number of carbonyl (C=O) groups is 3. The highest BCUT2D eigenvalue weighted by molar-refractivity contribution is 6.20. The second-order valence-corrected chi connectivity index (χ2v) is 5.16. The topological polar surface area (TPSA) is 74.7 Å². The fraction of sp³-hybridized carbons (Fsp3) is 0.357. The highest BCUT2D eigenvalue weighted by Gasteiger charge is 2.47. The fourth-order valence-electron chi connectivity index (χ4n) is 3.04. The summed E-state index contributed by atoms with van der Waals surface area (Å²) < 4.78 is 14.0. The molecule has 0 spiro atoms. The summed E-state index contributed by atoms with van der Waals surface area (Å²) in [6.07, 6.45) is 1.69. The summed E-state index contributed by atoms with van der Waals surface area (Å²) in [5.41, 5.74) is -0.792. The molecule has 2 bridgehead atoms. The van der Waals surface area contributed by atoms with Crippen molar-refractivity contribution in [2.24, 2.45) is 11.8 Å². The van der Waals surface area contributed by atoms with Crippen molar-refractivity contribution in [3.63, 3.8) is 0 Å². The lowest BCUT2D eigenvalue weighted by Gasteiger charge is -2.30. The maximum Gasteiger partial charge on any atom is 0.337 e. The smallest absolute Gasteiger partial charge is 0.337 e. The molecule has 5 nitrogen and oxygen atoms in total. The van der Waals surface area contributed by atoms with Gasteiger partial charge >= 0.3 is 5.97 Å². The third-order valence-corrected chi connectivity index (χ3v) is 4.01. The second-order valence-electron chi connectivity index (χ2n) is 5.16. The molecule has 1 aromatic carbocycles. The molecule has 104 valence electrons. The Morgan fingerprint density at radius 2 is 1.80 bits per heavy atom. The number of rotatable bonds is 2. The lowest BCUT2D eigenvalue weighted by atomic mass is 9.95. The number of carboxylic acid groups (broad SMARTS) is 1. The molecule has 1 aliphatic heterocycles. The zero-order valence-electron chi connectivity index (χ0n) is 10.5. The Kier molecular flexibility index (Phi) is 2.81. The number of imide groups is 1. The van der Waals surface area contributed by atoms with Crippen LogP contribution in [-0.2, 0) is 9.59 Å². The SMILES string of the molecule is O=C(O)c1cccc(F)c1N1C(=O)C2CCC(C2)C1=O. The zero-order chi connectivity index (χ0) is 14.4. The number of halogens is 1. The molecule has 3 rings (SSSR count). The first-order chi connectivity index (χ1) is 9.50. The van der Waals surface area contributed by atoms with Gasteiger partial charge < -0.3 is 5.11 Å². The van der Waals surface area contributed by atoms with Gasteiger partial charge in [-0.2, -0.15) is 0 Å². The van der Waals surface area contributed by atoms with E-state index in [0.29, 0.717) is 19.3 Å². The summed E-state index contributed by atoms with van der Waals surface area (Å²) in [5, 5.41) is 9.12. The second kappa shape index (κ2) is 4.40. The first kappa shape index (κ1) is 12.8. The third kappa shape index (κ3) is 1.71. The predicted molar refractivity (Wildman–Crippen MR) is 66.7 cm³/mol. The number of para-hydroxylation sites is 1. The molecule has 2 unspecified atom stereocenters. The molecule has 1 saturated carbocycles. The molecule has 2 amide bonds. The predicted octanol–water partition coefficient (Wildman–Crippen LogP) is 1.81. The first-order valence-electron chi connectivity index (χ1n) is 6.40. The molecule has 2 fully saturated rings. The van der Waals surface area contributed by atoms with Crippen LogP contribution >= 0.6 is 0 Å². The van der Waals surface area contributed by atoms with E-state index < -0.39 is 29.3 Å². The number of nitrogens with zero attached hydrogens (tertiary/aromatic N) is 1. The van der Waals surface area contributed by atoms with Gasteiger partial charge in [-0.05, 0) is 31.4 Å². The minimum Gasteiger partial charge on any atom is -0.478 e. The summed E-state index contributed by atoms with van der Waals surface area (Å²) >= 11 is 0. The van der Waals surface area contributed by atoms with Gasteiger partial charge in [0.15, 0.2) is 0 Å². The molecular weight excluding hydrogens is 265 g/mol. The van der Waals surface area contributed by atoms with E-state index in [0.717, 1.165) is 11.0 Å². The van der Waals surface area contributed by atoms with Crippen molar-refractivity contribution in [2.75, 3.05) is 4.90 Å². The van der Waals surface area contributed by atoms with Gasteiger partial charge in [-0.15, -0.1) is 0 Å². The maximum absolute atomic E-state index is 14.0. The Balaban J connectivity index is 2.15. The van der Waals surface area contributed by atoms with E-state index in [4.69, 9.17) is 5.11 Å². The largest absolute Gasteiger partial charge is 0.478 e. The molecule has 2 aliphatic rings. The fourth-order valence-corrected chi connectivity index (χ4v) is 3.04. The van der Waals surface area contributed by atoms with E-state index in [2.05, 4.69) is 0 Å². The number of fused-ring (bicyclic) bond motifs is 2. The highest BCUT2D eigenvalue weighted by atomic mass is 19.1. The van der Waals surface area contributed by atoms with Crippen LogP contribution in [-0.4, -0.2) is 22.9 Å². The van der Waals surface area contributed by atoms with E-state index in [9.17, 15) is 18.8 Å². The molecule has 1 aliphatic carbocycles. The Labute approximate surface area is 114 Å². The van der Waals surface area contributed by atoms with Crippen molar-refractivity contribution in [2.45, 2.75) is 19.3 Å². The van der Waals surface area contributed by atoms with Crippen LogP contribution in [0, 0.1) is 17.7 Å². The summed E-state index contributed by atoms with van der Waals surface area (Å²) in [6, 6.07) is 3.49. The van der Waals surface area contributed by atoms with Gasteiger partial charge in [-0.25, -0.2) is 14.1 Å². The third-order valence-electron chi connectivity index (χ3n) is 4.01. The van der Waals surface area contributed by atoms with Crippen molar-refractivity contribution in [1.82, 2.24) is 0 Å². The van der Waals surface area contributed by atoms with E-state index in [1.807, 2.05) is 0 Å². The molecule has 2 atom stereocenters. The number of carbonyl (C=O) groups excluding carboxylic acids is 2. The lowest BCUT2D eigenvalue weighted by Crippen LogP contribution is -2.47. The Morgan fingerprint density at radius 1 is 1.20 bits per heavy atom. The van der Waals surface area contributed by atoms with Crippen molar-refractivity contribution in [3.05, 3.63) is 29.6 Å². The van der Waals surface area contributed by atoms with Gasteiger partial charge in [-0.1, -0.05) is 6.07 Å². The number of piperidine rings is 1. The van der Waals surface area contributed by atoms with E-state index in [1.54, 1.807) is 0 Å². The molecular formula is C14H12FNO4. The summed E-state index contributed by atoms with van der Waals surface area (Å²) in [5.74, 6) is -3.82. The van der Waals surface area contributed by atoms with Crippen LogP contribution in [0.3, 0.4) is 0 Å². The van der Waals surface area contributed by atoms with Crippen LogP contribution in [0.5, 0.6) is 0 Å². The number of aromatic carboxylic acids is 1. The van der Waals surface area contributed by atoms with E-state index >= 15 is 0 Å². The summed E-state index contributed by atoms with van der Waals surface area (Å²) in [6.45, 7) is 0. The van der Waals surface area contributed by atoms with Crippen LogP contribution < -0.4 is 4.90 Å². The lowest BCUT2D eigenvalue weighted by molar-refractivity contribution is -0.133. The van der Waals surface area contributed by atoms with Gasteiger partial charge in [0.1, 0.15) is 11.5 Å². The van der Waals surface area contributed by atoms with Crippen LogP contribution in [0.15, 0.2) is 18.2 Å². The van der Waals surface area contributed by atoms with Crippen molar-refractivity contribution < 1.29 is 23.9 Å². The van der Waals surface area contributed by atoms with Gasteiger partial charge in [0.25, 0.3) is 0 Å². The van der Waals surface area contributed by atoms with E-state index in [1.165, 1.54) is 12.1 Å². The van der Waals surface area contributed by atoms with Crippen molar-refractivity contribution in [3.8, 4) is 0 Å².